The fourth-order valence-electron chi connectivity index (χ4n) is 1.83. The van der Waals surface area contributed by atoms with Crippen LogP contribution in [0.15, 0.2) is 42.7 Å². The van der Waals surface area contributed by atoms with Gasteiger partial charge in [-0.15, -0.1) is 13.2 Å². The maximum absolute atomic E-state index is 11.8. The van der Waals surface area contributed by atoms with E-state index in [1.807, 2.05) is 26.0 Å². The van der Waals surface area contributed by atoms with Crippen LogP contribution in [0.25, 0.3) is 11.4 Å². The summed E-state index contributed by atoms with van der Waals surface area (Å²) < 4.78 is 43.2. The maximum atomic E-state index is 11.8. The van der Waals surface area contributed by atoms with Crippen molar-refractivity contribution in [2.45, 2.75) is 27.1 Å². The molecule has 0 amide bonds. The summed E-state index contributed by atoms with van der Waals surface area (Å²) in [7, 11) is 0. The van der Waals surface area contributed by atoms with E-state index < -0.39 is 6.36 Å². The third kappa shape index (κ3) is 6.15. The van der Waals surface area contributed by atoms with Crippen LogP contribution in [0.4, 0.5) is 13.2 Å². The quantitative estimate of drug-likeness (QED) is 0.631. The number of rotatable bonds is 2. The lowest BCUT2D eigenvalue weighted by atomic mass is 10.1. The highest BCUT2D eigenvalue weighted by molar-refractivity contribution is 7.05. The van der Waals surface area contributed by atoms with Crippen LogP contribution in [0, 0.1) is 20.8 Å². The van der Waals surface area contributed by atoms with Crippen LogP contribution in [0.3, 0.4) is 0 Å². The highest BCUT2D eigenvalue weighted by atomic mass is 32.1. The first kappa shape index (κ1) is 18.9. The van der Waals surface area contributed by atoms with E-state index >= 15 is 0 Å². The summed E-state index contributed by atoms with van der Waals surface area (Å²) in [6, 6.07) is 8.07. The SMILES string of the molecule is Cc1ccc(OC(F)(F)F)cc1C.Cc1nc(-c2ccncc2)ns1. The molecule has 132 valence electrons. The van der Waals surface area contributed by atoms with Crippen LogP contribution in [0.1, 0.15) is 16.1 Å². The van der Waals surface area contributed by atoms with E-state index in [-0.39, 0.29) is 5.75 Å². The summed E-state index contributed by atoms with van der Waals surface area (Å²) in [6.45, 7) is 5.51. The second kappa shape index (κ2) is 8.06. The minimum absolute atomic E-state index is 0.171. The molecule has 0 saturated heterocycles. The molecule has 0 unspecified atom stereocenters. The molecule has 2 aromatic heterocycles. The van der Waals surface area contributed by atoms with Crippen LogP contribution in [-0.2, 0) is 0 Å². The van der Waals surface area contributed by atoms with Crippen molar-refractivity contribution in [3.05, 3.63) is 58.9 Å². The van der Waals surface area contributed by atoms with Crippen LogP contribution < -0.4 is 4.74 Å². The van der Waals surface area contributed by atoms with Gasteiger partial charge in [0.05, 0.1) is 0 Å². The second-order valence-electron chi connectivity index (χ2n) is 5.17. The van der Waals surface area contributed by atoms with Crippen molar-refractivity contribution in [1.29, 1.82) is 0 Å². The lowest BCUT2D eigenvalue weighted by Crippen LogP contribution is -2.17. The Balaban J connectivity index is 0.000000181. The summed E-state index contributed by atoms with van der Waals surface area (Å²) in [6.07, 6.45) is -1.13. The number of hydrogen-bond donors (Lipinski definition) is 0. The van der Waals surface area contributed by atoms with Crippen molar-refractivity contribution < 1.29 is 17.9 Å². The Labute approximate surface area is 147 Å². The van der Waals surface area contributed by atoms with Gasteiger partial charge in [0.2, 0.25) is 0 Å². The Kier molecular flexibility index (Phi) is 6.08. The van der Waals surface area contributed by atoms with Crippen molar-refractivity contribution in [2.24, 2.45) is 0 Å². The summed E-state index contributed by atoms with van der Waals surface area (Å²) in [5.41, 5.74) is 2.74. The number of nitrogens with zero attached hydrogens (tertiary/aromatic N) is 3. The van der Waals surface area contributed by atoms with Crippen molar-refractivity contribution in [2.75, 3.05) is 0 Å². The lowest BCUT2D eigenvalue weighted by Gasteiger charge is -2.09. The molecule has 0 N–H and O–H groups in total. The Hall–Kier alpha value is -2.48. The number of hydrogen-bond acceptors (Lipinski definition) is 5. The average Bonchev–Trinajstić information content (AvgIpc) is 2.98. The summed E-state index contributed by atoms with van der Waals surface area (Å²) in [5.74, 6) is 0.621. The zero-order valence-corrected chi connectivity index (χ0v) is 14.6. The molecule has 0 spiro atoms. The number of alkyl halides is 3. The van der Waals surface area contributed by atoms with E-state index in [2.05, 4.69) is 19.1 Å². The smallest absolute Gasteiger partial charge is 0.406 e. The molecule has 3 aromatic rings. The molecule has 1 aromatic carbocycles. The van der Waals surface area contributed by atoms with Gasteiger partial charge >= 0.3 is 6.36 Å². The molecule has 0 bridgehead atoms. The van der Waals surface area contributed by atoms with Crippen molar-refractivity contribution >= 4 is 11.5 Å². The minimum Gasteiger partial charge on any atom is -0.406 e. The summed E-state index contributed by atoms with van der Waals surface area (Å²) in [4.78, 5) is 8.19. The van der Waals surface area contributed by atoms with E-state index in [4.69, 9.17) is 0 Å². The molecule has 4 nitrogen and oxygen atoms in total. The molecule has 8 heteroatoms. The van der Waals surface area contributed by atoms with E-state index in [1.165, 1.54) is 23.7 Å². The molecular formula is C17H16F3N3OS. The normalized spacial score (nSPS) is 10.8. The zero-order valence-electron chi connectivity index (χ0n) is 13.8. The van der Waals surface area contributed by atoms with Gasteiger partial charge in [-0.25, -0.2) is 4.98 Å². The molecule has 0 saturated carbocycles. The molecule has 0 fully saturated rings. The Morgan fingerprint density at radius 3 is 2.16 bits per heavy atom. The molecule has 3 rings (SSSR count). The van der Waals surface area contributed by atoms with Crippen LogP contribution in [0.2, 0.25) is 0 Å². The third-order valence-corrected chi connectivity index (χ3v) is 3.80. The Morgan fingerprint density at radius 1 is 0.960 bits per heavy atom. The van der Waals surface area contributed by atoms with Crippen LogP contribution in [-0.4, -0.2) is 20.7 Å². The van der Waals surface area contributed by atoms with Gasteiger partial charge in [-0.1, -0.05) is 6.07 Å². The molecule has 0 aliphatic heterocycles. The highest BCUT2D eigenvalue weighted by Gasteiger charge is 2.31. The van der Waals surface area contributed by atoms with Crippen molar-refractivity contribution in [3.63, 3.8) is 0 Å². The number of aryl methyl sites for hydroxylation is 3. The van der Waals surface area contributed by atoms with Crippen LogP contribution in [0.5, 0.6) is 5.75 Å². The van der Waals surface area contributed by atoms with Gasteiger partial charge in [-0.2, -0.15) is 4.37 Å². The first-order valence-electron chi connectivity index (χ1n) is 7.28. The second-order valence-corrected chi connectivity index (χ2v) is 6.12. The predicted molar refractivity (Wildman–Crippen MR) is 90.5 cm³/mol. The Morgan fingerprint density at radius 2 is 1.64 bits per heavy atom. The van der Waals surface area contributed by atoms with Gasteiger partial charge in [0, 0.05) is 18.0 Å². The van der Waals surface area contributed by atoms with E-state index in [0.717, 1.165) is 27.5 Å². The molecule has 0 radical (unpaired) electrons. The number of pyridine rings is 1. The first-order valence-corrected chi connectivity index (χ1v) is 8.05. The summed E-state index contributed by atoms with van der Waals surface area (Å²) >= 11 is 1.42. The molecule has 0 aliphatic carbocycles. The Bertz CT molecular complexity index is 820. The van der Waals surface area contributed by atoms with Crippen LogP contribution >= 0.6 is 11.5 Å². The van der Waals surface area contributed by atoms with E-state index in [1.54, 1.807) is 25.4 Å². The van der Waals surface area contributed by atoms with Gasteiger partial charge in [0.25, 0.3) is 0 Å². The number of benzene rings is 1. The fourth-order valence-corrected chi connectivity index (χ4v) is 2.32. The standard InChI is InChI=1S/C9H9F3O.C8H7N3S/c1-6-3-4-8(5-7(6)2)13-9(10,11)12;1-6-10-8(11-12-6)7-2-4-9-5-3-7/h3-5H,1-2H3;2-5H,1H3. The molecule has 0 atom stereocenters. The molecular weight excluding hydrogens is 351 g/mol. The van der Waals surface area contributed by atoms with E-state index in [9.17, 15) is 13.2 Å². The molecule has 2 heterocycles. The zero-order chi connectivity index (χ0) is 18.4. The lowest BCUT2D eigenvalue weighted by molar-refractivity contribution is -0.274. The van der Waals surface area contributed by atoms with Crippen molar-refractivity contribution in [3.8, 4) is 17.1 Å². The van der Waals surface area contributed by atoms with Gasteiger partial charge in [0.1, 0.15) is 10.8 Å². The van der Waals surface area contributed by atoms with Gasteiger partial charge in [0.15, 0.2) is 5.82 Å². The minimum atomic E-state index is -4.61. The topological polar surface area (TPSA) is 47.9 Å². The fraction of sp³-hybridized carbons (Fsp3) is 0.235. The van der Waals surface area contributed by atoms with Gasteiger partial charge in [-0.05, 0) is 67.7 Å². The number of halogens is 3. The summed E-state index contributed by atoms with van der Waals surface area (Å²) in [5, 5.41) is 0.988. The van der Waals surface area contributed by atoms with Gasteiger partial charge in [-0.3, -0.25) is 4.98 Å². The maximum Gasteiger partial charge on any atom is 0.573 e. The number of ether oxygens (including phenoxy) is 1. The molecule has 25 heavy (non-hydrogen) atoms. The highest BCUT2D eigenvalue weighted by Crippen LogP contribution is 2.24. The van der Waals surface area contributed by atoms with Gasteiger partial charge < -0.3 is 4.74 Å². The first-order chi connectivity index (χ1) is 11.7. The third-order valence-electron chi connectivity index (χ3n) is 3.18. The average molecular weight is 367 g/mol. The predicted octanol–water partition coefficient (Wildman–Crippen LogP) is 5.11. The monoisotopic (exact) mass is 367 g/mol. The van der Waals surface area contributed by atoms with E-state index in [0.29, 0.717) is 0 Å². The molecule has 0 aliphatic rings. The number of aromatic nitrogens is 3. The van der Waals surface area contributed by atoms with Crippen molar-refractivity contribution in [1.82, 2.24) is 14.3 Å². The largest absolute Gasteiger partial charge is 0.573 e.